The van der Waals surface area contributed by atoms with Gasteiger partial charge in [-0.25, -0.2) is 0 Å². The van der Waals surface area contributed by atoms with Gasteiger partial charge in [0, 0.05) is 0 Å². The summed E-state index contributed by atoms with van der Waals surface area (Å²) in [7, 11) is 0. The molecule has 1 aliphatic carbocycles. The molecule has 1 N–H and O–H groups in total. The molecule has 1 atom stereocenters. The molecule has 2 heteroatoms. The van der Waals surface area contributed by atoms with Gasteiger partial charge in [-0.05, 0) is 38.0 Å². The maximum absolute atomic E-state index is 10.0. The molecule has 0 bridgehead atoms. The molecule has 0 aromatic carbocycles. The Morgan fingerprint density at radius 3 is 2.35 bits per heavy atom. The van der Waals surface area contributed by atoms with E-state index in [1.807, 2.05) is 0 Å². The van der Waals surface area contributed by atoms with Crippen LogP contribution in [0.4, 0.5) is 0 Å². The van der Waals surface area contributed by atoms with Gasteiger partial charge < -0.3 is 9.84 Å². The Morgan fingerprint density at radius 1 is 1.18 bits per heavy atom. The predicted octanol–water partition coefficient (Wildman–Crippen LogP) is 4.26. The molecule has 0 saturated heterocycles. The number of aliphatic hydroxyl groups excluding tert-OH is 1. The fraction of sp³-hybridized carbons (Fsp3) is 1.00. The lowest BCUT2D eigenvalue weighted by Gasteiger charge is -2.32. The summed E-state index contributed by atoms with van der Waals surface area (Å²) in [6.45, 7) is 6.60. The lowest BCUT2D eigenvalue weighted by molar-refractivity contribution is -0.190. The first-order valence-corrected chi connectivity index (χ1v) is 7.44. The van der Waals surface area contributed by atoms with E-state index >= 15 is 0 Å². The first-order chi connectivity index (χ1) is 8.08. The van der Waals surface area contributed by atoms with Crippen LogP contribution in [0.2, 0.25) is 0 Å². The van der Waals surface area contributed by atoms with Crippen LogP contribution in [0.3, 0.4) is 0 Å². The Hall–Kier alpha value is -0.0800. The van der Waals surface area contributed by atoms with Crippen LogP contribution < -0.4 is 0 Å². The van der Waals surface area contributed by atoms with E-state index in [0.29, 0.717) is 5.92 Å². The van der Waals surface area contributed by atoms with Gasteiger partial charge in [-0.2, -0.15) is 0 Å². The molecule has 0 heterocycles. The average molecular weight is 242 g/mol. The molecule has 0 aromatic rings. The lowest BCUT2D eigenvalue weighted by Crippen LogP contribution is -2.34. The summed E-state index contributed by atoms with van der Waals surface area (Å²) < 4.78 is 6.01. The van der Waals surface area contributed by atoms with Gasteiger partial charge in [0.2, 0.25) is 0 Å². The molecule has 0 aromatic heterocycles. The number of hydrogen-bond acceptors (Lipinski definition) is 2. The Morgan fingerprint density at radius 2 is 1.82 bits per heavy atom. The molecule has 1 aliphatic rings. The third-order valence-corrected chi connectivity index (χ3v) is 3.88. The summed E-state index contributed by atoms with van der Waals surface area (Å²) in [5.41, 5.74) is 0.00636. The van der Waals surface area contributed by atoms with Crippen molar-refractivity contribution in [3.8, 4) is 0 Å². The summed E-state index contributed by atoms with van der Waals surface area (Å²) in [5.74, 6) is 0.642. The van der Waals surface area contributed by atoms with Gasteiger partial charge in [-0.1, -0.05) is 46.5 Å². The number of hydrogen-bond donors (Lipinski definition) is 1. The quantitative estimate of drug-likeness (QED) is 0.644. The maximum atomic E-state index is 10.0. The average Bonchev–Trinajstić information content (AvgIpc) is 2.73. The Balaban J connectivity index is 2.37. The van der Waals surface area contributed by atoms with Crippen molar-refractivity contribution < 1.29 is 9.84 Å². The fourth-order valence-corrected chi connectivity index (χ4v) is 2.77. The minimum absolute atomic E-state index is 0.00636. The molecule has 1 saturated carbocycles. The Kier molecular flexibility index (Phi) is 6.50. The zero-order valence-corrected chi connectivity index (χ0v) is 11.9. The Bertz CT molecular complexity index is 195. The van der Waals surface area contributed by atoms with E-state index in [0.717, 1.165) is 32.1 Å². The summed E-state index contributed by atoms with van der Waals surface area (Å²) >= 11 is 0. The summed E-state index contributed by atoms with van der Waals surface area (Å²) in [6.07, 6.45) is 9.66. The summed E-state index contributed by atoms with van der Waals surface area (Å²) in [4.78, 5) is 0. The van der Waals surface area contributed by atoms with E-state index in [-0.39, 0.29) is 5.60 Å². The van der Waals surface area contributed by atoms with Crippen LogP contribution in [0.5, 0.6) is 0 Å². The summed E-state index contributed by atoms with van der Waals surface area (Å²) in [5, 5.41) is 10.0. The number of ether oxygens (including phenoxy) is 1. The Labute approximate surface area is 107 Å². The molecule has 0 amide bonds. The van der Waals surface area contributed by atoms with Crippen molar-refractivity contribution in [2.24, 2.45) is 5.92 Å². The van der Waals surface area contributed by atoms with Gasteiger partial charge in [0.05, 0.1) is 5.60 Å². The van der Waals surface area contributed by atoms with Gasteiger partial charge in [0.1, 0.15) is 0 Å². The van der Waals surface area contributed by atoms with E-state index in [1.165, 1.54) is 25.7 Å². The maximum Gasteiger partial charge on any atom is 0.155 e. The first kappa shape index (κ1) is 15.0. The van der Waals surface area contributed by atoms with Gasteiger partial charge in [0.25, 0.3) is 0 Å². The second kappa shape index (κ2) is 7.38. The molecule has 17 heavy (non-hydrogen) atoms. The first-order valence-electron chi connectivity index (χ1n) is 7.44. The van der Waals surface area contributed by atoms with E-state index in [2.05, 4.69) is 20.8 Å². The second-order valence-electron chi connectivity index (χ2n) is 6.04. The topological polar surface area (TPSA) is 29.5 Å². The zero-order chi connectivity index (χ0) is 12.7. The highest BCUT2D eigenvalue weighted by Crippen LogP contribution is 2.38. The number of rotatable bonds is 8. The van der Waals surface area contributed by atoms with Crippen molar-refractivity contribution in [1.29, 1.82) is 0 Å². The van der Waals surface area contributed by atoms with E-state index in [1.54, 1.807) is 0 Å². The fourth-order valence-electron chi connectivity index (χ4n) is 2.77. The molecular weight excluding hydrogens is 212 g/mol. The van der Waals surface area contributed by atoms with Crippen molar-refractivity contribution in [3.05, 3.63) is 0 Å². The molecule has 1 unspecified atom stereocenters. The molecular formula is C15H30O2. The minimum Gasteiger partial charge on any atom is -0.368 e. The molecule has 1 fully saturated rings. The third kappa shape index (κ3) is 5.39. The SMILES string of the molecule is CCCCC1(OC(O)CCC(C)C)CCCC1. The smallest absolute Gasteiger partial charge is 0.155 e. The highest BCUT2D eigenvalue weighted by atomic mass is 16.6. The molecule has 1 rings (SSSR count). The van der Waals surface area contributed by atoms with Crippen LogP contribution >= 0.6 is 0 Å². The van der Waals surface area contributed by atoms with Gasteiger partial charge in [-0.15, -0.1) is 0 Å². The van der Waals surface area contributed by atoms with Crippen LogP contribution in [0.25, 0.3) is 0 Å². The highest BCUT2D eigenvalue weighted by Gasteiger charge is 2.35. The number of aliphatic hydroxyl groups is 1. The van der Waals surface area contributed by atoms with Crippen molar-refractivity contribution in [1.82, 2.24) is 0 Å². The van der Waals surface area contributed by atoms with E-state index in [9.17, 15) is 5.11 Å². The zero-order valence-electron chi connectivity index (χ0n) is 11.9. The van der Waals surface area contributed by atoms with Crippen LogP contribution in [0.15, 0.2) is 0 Å². The van der Waals surface area contributed by atoms with E-state index in [4.69, 9.17) is 4.74 Å². The molecule has 0 radical (unpaired) electrons. The standard InChI is InChI=1S/C15H30O2/c1-4-5-10-15(11-6-7-12-15)17-14(16)9-8-13(2)3/h13-14,16H,4-12H2,1-3H3. The van der Waals surface area contributed by atoms with Crippen LogP contribution in [0.1, 0.15) is 78.6 Å². The van der Waals surface area contributed by atoms with Gasteiger partial charge in [0.15, 0.2) is 6.29 Å². The third-order valence-electron chi connectivity index (χ3n) is 3.88. The predicted molar refractivity (Wildman–Crippen MR) is 71.9 cm³/mol. The highest BCUT2D eigenvalue weighted by molar-refractivity contribution is 4.86. The van der Waals surface area contributed by atoms with Crippen LogP contribution in [-0.2, 0) is 4.74 Å². The lowest BCUT2D eigenvalue weighted by atomic mass is 9.94. The molecule has 102 valence electrons. The molecule has 0 aliphatic heterocycles. The second-order valence-corrected chi connectivity index (χ2v) is 6.04. The van der Waals surface area contributed by atoms with Crippen molar-refractivity contribution >= 4 is 0 Å². The van der Waals surface area contributed by atoms with Crippen molar-refractivity contribution in [2.75, 3.05) is 0 Å². The van der Waals surface area contributed by atoms with Gasteiger partial charge in [-0.3, -0.25) is 0 Å². The number of unbranched alkanes of at least 4 members (excludes halogenated alkanes) is 1. The van der Waals surface area contributed by atoms with Crippen molar-refractivity contribution in [3.63, 3.8) is 0 Å². The van der Waals surface area contributed by atoms with Crippen LogP contribution in [-0.4, -0.2) is 17.0 Å². The minimum atomic E-state index is -0.549. The van der Waals surface area contributed by atoms with E-state index < -0.39 is 6.29 Å². The largest absolute Gasteiger partial charge is 0.368 e. The summed E-state index contributed by atoms with van der Waals surface area (Å²) in [6, 6.07) is 0. The van der Waals surface area contributed by atoms with Crippen LogP contribution in [0, 0.1) is 5.92 Å². The normalized spacial score (nSPS) is 21.0. The molecule has 2 nitrogen and oxygen atoms in total. The molecule has 0 spiro atoms. The van der Waals surface area contributed by atoms with Crippen molar-refractivity contribution in [2.45, 2.75) is 90.4 Å². The van der Waals surface area contributed by atoms with Gasteiger partial charge >= 0.3 is 0 Å². The monoisotopic (exact) mass is 242 g/mol.